The summed E-state index contributed by atoms with van der Waals surface area (Å²) in [4.78, 5) is 38.4. The number of nitrogens with one attached hydrogen (secondary N) is 2. The molecule has 1 atom stereocenters. The van der Waals surface area contributed by atoms with Gasteiger partial charge in [-0.3, -0.25) is 9.59 Å². The zero-order valence-corrected chi connectivity index (χ0v) is 17.3. The summed E-state index contributed by atoms with van der Waals surface area (Å²) in [6.07, 6.45) is -0.0215. The summed E-state index contributed by atoms with van der Waals surface area (Å²) < 4.78 is 10.2. The van der Waals surface area contributed by atoms with E-state index in [1.165, 1.54) is 30.2 Å². The minimum Gasteiger partial charge on any atom is -0.494 e. The fraction of sp³-hybridized carbons (Fsp3) is 0.316. The highest BCUT2D eigenvalue weighted by molar-refractivity contribution is 8.01. The predicted octanol–water partition coefficient (Wildman–Crippen LogP) is 3.68. The Balaban J connectivity index is 1.70. The van der Waals surface area contributed by atoms with E-state index in [0.717, 1.165) is 9.77 Å². The molecule has 3 rings (SSSR count). The van der Waals surface area contributed by atoms with Crippen LogP contribution in [-0.2, 0) is 14.3 Å². The average molecular weight is 421 g/mol. The summed E-state index contributed by atoms with van der Waals surface area (Å²) in [7, 11) is 1.29. The van der Waals surface area contributed by atoms with E-state index >= 15 is 0 Å². The number of benzene rings is 1. The summed E-state index contributed by atoms with van der Waals surface area (Å²) in [5, 5.41) is 5.40. The maximum Gasteiger partial charge on any atom is 0.340 e. The number of carbonyl (C=O) groups excluding carboxylic acids is 3. The topological polar surface area (TPSA) is 93.7 Å². The Morgan fingerprint density at radius 2 is 2.07 bits per heavy atom. The fourth-order valence-corrected chi connectivity index (χ4v) is 4.78. The Bertz CT molecular complexity index is 925. The normalized spacial score (nSPS) is 15.4. The molecular weight excluding hydrogens is 400 g/mol. The van der Waals surface area contributed by atoms with E-state index in [1.54, 1.807) is 18.2 Å². The summed E-state index contributed by atoms with van der Waals surface area (Å²) in [5.41, 5.74) is 1.02. The zero-order chi connectivity index (χ0) is 20.3. The molecule has 2 N–H and O–H groups in total. The lowest BCUT2D eigenvalue weighted by Crippen LogP contribution is -2.32. The van der Waals surface area contributed by atoms with Crippen molar-refractivity contribution in [3.8, 4) is 5.75 Å². The molecule has 7 nitrogen and oxygen atoms in total. The first-order chi connectivity index (χ1) is 13.4. The van der Waals surface area contributed by atoms with E-state index in [1.807, 2.05) is 19.9 Å². The van der Waals surface area contributed by atoms with Gasteiger partial charge in [0.15, 0.2) is 0 Å². The summed E-state index contributed by atoms with van der Waals surface area (Å²) >= 11 is 2.61. The first-order valence-corrected chi connectivity index (χ1v) is 10.3. The minimum absolute atomic E-state index is 0.0215. The number of ether oxygens (including phenoxy) is 2. The number of hydrogen-bond donors (Lipinski definition) is 2. The van der Waals surface area contributed by atoms with Crippen molar-refractivity contribution >= 4 is 51.6 Å². The standard InChI is InChI=1S/C19H20N2O5S2/c1-4-26-11-5-6-13-14(8-11)28-15(17(23)20-13)9-16(22)21-18-12(19(24)25-3)7-10(2)27-18/h5-8,15H,4,9H2,1-3H3,(H,20,23)(H,21,22)/t15-/m0/s1. The molecule has 148 valence electrons. The molecule has 0 radical (unpaired) electrons. The van der Waals surface area contributed by atoms with Crippen LogP contribution in [0.2, 0.25) is 0 Å². The van der Waals surface area contributed by atoms with Crippen LogP contribution in [0.4, 0.5) is 10.7 Å². The largest absolute Gasteiger partial charge is 0.494 e. The van der Waals surface area contributed by atoms with Crippen molar-refractivity contribution in [2.24, 2.45) is 0 Å². The number of amides is 2. The molecule has 0 spiro atoms. The van der Waals surface area contributed by atoms with Gasteiger partial charge in [0, 0.05) is 16.2 Å². The van der Waals surface area contributed by atoms with E-state index in [9.17, 15) is 14.4 Å². The molecule has 9 heteroatoms. The van der Waals surface area contributed by atoms with Crippen LogP contribution in [0.1, 0.15) is 28.6 Å². The third-order valence-electron chi connectivity index (χ3n) is 3.97. The van der Waals surface area contributed by atoms with Gasteiger partial charge in [0.25, 0.3) is 0 Å². The highest BCUT2D eigenvalue weighted by atomic mass is 32.2. The number of aryl methyl sites for hydroxylation is 1. The molecule has 2 heterocycles. The van der Waals surface area contributed by atoms with Crippen LogP contribution >= 0.6 is 23.1 Å². The number of fused-ring (bicyclic) bond motifs is 1. The summed E-state index contributed by atoms with van der Waals surface area (Å²) in [5.74, 6) is -0.372. The van der Waals surface area contributed by atoms with Crippen molar-refractivity contribution in [2.45, 2.75) is 30.4 Å². The molecule has 28 heavy (non-hydrogen) atoms. The Kier molecular flexibility index (Phi) is 6.25. The quantitative estimate of drug-likeness (QED) is 0.693. The Labute approximate surface area is 170 Å². The smallest absolute Gasteiger partial charge is 0.340 e. The molecule has 1 aromatic heterocycles. The number of esters is 1. The summed E-state index contributed by atoms with van der Waals surface area (Å²) in [6, 6.07) is 7.10. The van der Waals surface area contributed by atoms with Gasteiger partial charge in [-0.2, -0.15) is 0 Å². The first-order valence-electron chi connectivity index (χ1n) is 8.64. The SMILES string of the molecule is CCOc1ccc2c(c1)S[C@@H](CC(=O)Nc1sc(C)cc1C(=O)OC)C(=O)N2. The predicted molar refractivity (Wildman–Crippen MR) is 110 cm³/mol. The molecule has 2 amide bonds. The Morgan fingerprint density at radius 1 is 1.29 bits per heavy atom. The van der Waals surface area contributed by atoms with Crippen molar-refractivity contribution in [2.75, 3.05) is 24.4 Å². The number of thiophene rings is 1. The number of hydrogen-bond acceptors (Lipinski definition) is 7. The molecule has 2 aromatic rings. The lowest BCUT2D eigenvalue weighted by atomic mass is 10.2. The van der Waals surface area contributed by atoms with Crippen LogP contribution in [0.3, 0.4) is 0 Å². The average Bonchev–Trinajstić information content (AvgIpc) is 3.02. The summed E-state index contributed by atoms with van der Waals surface area (Å²) in [6.45, 7) is 4.28. The molecule has 0 saturated heterocycles. The molecule has 0 unspecified atom stereocenters. The van der Waals surface area contributed by atoms with E-state index in [0.29, 0.717) is 28.6 Å². The molecule has 0 fully saturated rings. The highest BCUT2D eigenvalue weighted by Gasteiger charge is 2.30. The lowest BCUT2D eigenvalue weighted by molar-refractivity contribution is -0.120. The second-order valence-electron chi connectivity index (χ2n) is 6.03. The highest BCUT2D eigenvalue weighted by Crippen LogP contribution is 2.39. The number of methoxy groups -OCH3 is 1. The van der Waals surface area contributed by atoms with Crippen molar-refractivity contribution in [1.29, 1.82) is 0 Å². The van der Waals surface area contributed by atoms with Gasteiger partial charge in [-0.05, 0) is 38.1 Å². The van der Waals surface area contributed by atoms with Crippen LogP contribution in [-0.4, -0.2) is 36.8 Å². The first kappa shape index (κ1) is 20.2. The van der Waals surface area contributed by atoms with Crippen molar-refractivity contribution < 1.29 is 23.9 Å². The molecule has 1 aromatic carbocycles. The second-order valence-corrected chi connectivity index (χ2v) is 8.53. The van der Waals surface area contributed by atoms with Gasteiger partial charge in [0.2, 0.25) is 11.8 Å². The van der Waals surface area contributed by atoms with Gasteiger partial charge in [-0.25, -0.2) is 4.79 Å². The van der Waals surface area contributed by atoms with Crippen LogP contribution in [0, 0.1) is 6.92 Å². The van der Waals surface area contributed by atoms with E-state index in [-0.39, 0.29) is 18.2 Å². The third kappa shape index (κ3) is 4.48. The van der Waals surface area contributed by atoms with Crippen LogP contribution in [0.15, 0.2) is 29.2 Å². The van der Waals surface area contributed by atoms with Gasteiger partial charge in [-0.15, -0.1) is 23.1 Å². The van der Waals surface area contributed by atoms with E-state index in [4.69, 9.17) is 9.47 Å². The van der Waals surface area contributed by atoms with Crippen LogP contribution in [0.5, 0.6) is 5.75 Å². The van der Waals surface area contributed by atoms with Gasteiger partial charge in [-0.1, -0.05) is 0 Å². The van der Waals surface area contributed by atoms with Crippen LogP contribution < -0.4 is 15.4 Å². The number of thioether (sulfide) groups is 1. The molecule has 0 saturated carbocycles. The van der Waals surface area contributed by atoms with Crippen LogP contribution in [0.25, 0.3) is 0 Å². The third-order valence-corrected chi connectivity index (χ3v) is 6.19. The fourth-order valence-electron chi connectivity index (χ4n) is 2.73. The maximum absolute atomic E-state index is 12.5. The van der Waals surface area contributed by atoms with Crippen molar-refractivity contribution in [3.63, 3.8) is 0 Å². The van der Waals surface area contributed by atoms with E-state index in [2.05, 4.69) is 10.6 Å². The Hall–Kier alpha value is -2.52. The number of carbonyl (C=O) groups is 3. The molecule has 1 aliphatic rings. The number of rotatable bonds is 6. The van der Waals surface area contributed by atoms with Gasteiger partial charge in [0.05, 0.1) is 30.2 Å². The van der Waals surface area contributed by atoms with Gasteiger partial charge < -0.3 is 20.1 Å². The van der Waals surface area contributed by atoms with Crippen molar-refractivity contribution in [1.82, 2.24) is 0 Å². The van der Waals surface area contributed by atoms with Gasteiger partial charge in [0.1, 0.15) is 10.8 Å². The second kappa shape index (κ2) is 8.66. The molecule has 0 aliphatic carbocycles. The monoisotopic (exact) mass is 420 g/mol. The minimum atomic E-state index is -0.577. The number of anilines is 2. The lowest BCUT2D eigenvalue weighted by Gasteiger charge is -2.24. The van der Waals surface area contributed by atoms with Gasteiger partial charge >= 0.3 is 5.97 Å². The molecule has 0 bridgehead atoms. The van der Waals surface area contributed by atoms with E-state index < -0.39 is 11.2 Å². The maximum atomic E-state index is 12.5. The van der Waals surface area contributed by atoms with Crippen molar-refractivity contribution in [3.05, 3.63) is 34.7 Å². The Morgan fingerprint density at radius 3 is 2.79 bits per heavy atom. The zero-order valence-electron chi connectivity index (χ0n) is 15.7. The molecule has 1 aliphatic heterocycles. The molecular formula is C19H20N2O5S2.